The molecule has 5 nitrogen and oxygen atoms in total. The smallest absolute Gasteiger partial charge is 0.239 e. The van der Waals surface area contributed by atoms with Crippen molar-refractivity contribution in [3.05, 3.63) is 35.9 Å². The molecule has 0 aliphatic carbocycles. The van der Waals surface area contributed by atoms with Gasteiger partial charge in [0.05, 0.1) is 6.54 Å². The summed E-state index contributed by atoms with van der Waals surface area (Å²) >= 11 is 2.00. The van der Waals surface area contributed by atoms with Crippen LogP contribution in [0.15, 0.2) is 35.3 Å². The first-order valence-electron chi connectivity index (χ1n) is 8.14. The van der Waals surface area contributed by atoms with E-state index in [0.29, 0.717) is 17.8 Å². The van der Waals surface area contributed by atoms with Crippen LogP contribution in [-0.2, 0) is 11.2 Å². The van der Waals surface area contributed by atoms with Gasteiger partial charge in [0.2, 0.25) is 5.91 Å². The van der Waals surface area contributed by atoms with E-state index in [4.69, 9.17) is 0 Å². The summed E-state index contributed by atoms with van der Waals surface area (Å²) in [5, 5.41) is 9.93. The van der Waals surface area contributed by atoms with Crippen molar-refractivity contribution in [1.29, 1.82) is 0 Å². The van der Waals surface area contributed by atoms with E-state index in [1.54, 1.807) is 7.05 Å². The average molecular weight is 334 g/mol. The summed E-state index contributed by atoms with van der Waals surface area (Å²) in [6.45, 7) is 1.79. The molecule has 0 saturated carbocycles. The van der Waals surface area contributed by atoms with E-state index < -0.39 is 0 Å². The zero-order valence-corrected chi connectivity index (χ0v) is 14.5. The van der Waals surface area contributed by atoms with Crippen LogP contribution >= 0.6 is 11.8 Å². The maximum atomic E-state index is 11.9. The number of thioether (sulfide) groups is 1. The van der Waals surface area contributed by atoms with Gasteiger partial charge in [-0.25, -0.2) is 0 Å². The first-order chi connectivity index (χ1) is 11.3. The van der Waals surface area contributed by atoms with Crippen molar-refractivity contribution in [3.63, 3.8) is 0 Å². The molecule has 1 amide bonds. The number of aliphatic imine (C=N–C) groups is 1. The Morgan fingerprint density at radius 3 is 2.78 bits per heavy atom. The fourth-order valence-corrected chi connectivity index (χ4v) is 3.66. The molecule has 3 N–H and O–H groups in total. The molecule has 0 aromatic heterocycles. The van der Waals surface area contributed by atoms with Crippen molar-refractivity contribution in [2.75, 3.05) is 32.4 Å². The third-order valence-electron chi connectivity index (χ3n) is 3.74. The minimum absolute atomic E-state index is 0.0147. The Labute approximate surface area is 142 Å². The monoisotopic (exact) mass is 334 g/mol. The van der Waals surface area contributed by atoms with E-state index in [-0.39, 0.29) is 12.5 Å². The summed E-state index contributed by atoms with van der Waals surface area (Å²) in [7, 11) is 1.73. The fraction of sp³-hybridized carbons (Fsp3) is 0.529. The highest BCUT2D eigenvalue weighted by molar-refractivity contribution is 8.00. The van der Waals surface area contributed by atoms with Gasteiger partial charge in [-0.3, -0.25) is 9.79 Å². The number of carbonyl (C=O) groups is 1. The largest absolute Gasteiger partial charge is 0.355 e. The molecule has 6 heteroatoms. The lowest BCUT2D eigenvalue weighted by molar-refractivity contribution is -0.119. The molecule has 2 rings (SSSR count). The summed E-state index contributed by atoms with van der Waals surface area (Å²) in [6, 6.07) is 10.1. The van der Waals surface area contributed by atoms with Crippen LogP contribution < -0.4 is 16.0 Å². The van der Waals surface area contributed by atoms with Gasteiger partial charge in [0, 0.05) is 25.4 Å². The lowest BCUT2D eigenvalue weighted by Crippen LogP contribution is -2.44. The van der Waals surface area contributed by atoms with Crippen molar-refractivity contribution in [2.45, 2.75) is 24.5 Å². The minimum Gasteiger partial charge on any atom is -0.355 e. The first-order valence-corrected chi connectivity index (χ1v) is 9.19. The number of guanidine groups is 1. The molecule has 126 valence electrons. The molecule has 1 aromatic rings. The van der Waals surface area contributed by atoms with Crippen molar-refractivity contribution < 1.29 is 4.79 Å². The Bertz CT molecular complexity index is 501. The molecule has 1 aliphatic rings. The zero-order chi connectivity index (χ0) is 16.3. The lowest BCUT2D eigenvalue weighted by atomic mass is 10.1. The van der Waals surface area contributed by atoms with Crippen LogP contribution in [0.5, 0.6) is 0 Å². The van der Waals surface area contributed by atoms with Gasteiger partial charge in [-0.2, -0.15) is 11.8 Å². The number of hydrogen-bond donors (Lipinski definition) is 3. The van der Waals surface area contributed by atoms with E-state index in [1.807, 2.05) is 30.0 Å². The van der Waals surface area contributed by atoms with E-state index >= 15 is 0 Å². The average Bonchev–Trinajstić information content (AvgIpc) is 3.09. The second kappa shape index (κ2) is 10.2. The van der Waals surface area contributed by atoms with Gasteiger partial charge in [0.1, 0.15) is 0 Å². The Morgan fingerprint density at radius 1 is 1.26 bits per heavy atom. The Morgan fingerprint density at radius 2 is 2.09 bits per heavy atom. The first kappa shape index (κ1) is 17.7. The van der Waals surface area contributed by atoms with Crippen LogP contribution in [0.4, 0.5) is 0 Å². The summed E-state index contributed by atoms with van der Waals surface area (Å²) < 4.78 is 0. The number of amides is 1. The lowest BCUT2D eigenvalue weighted by Gasteiger charge is -2.14. The highest BCUT2D eigenvalue weighted by atomic mass is 32.2. The molecule has 0 bridgehead atoms. The van der Waals surface area contributed by atoms with Crippen LogP contribution in [-0.4, -0.2) is 49.6 Å². The van der Waals surface area contributed by atoms with Crippen LogP contribution in [0.25, 0.3) is 0 Å². The van der Waals surface area contributed by atoms with Crippen LogP contribution in [0.3, 0.4) is 0 Å². The molecular formula is C17H26N4OS. The summed E-state index contributed by atoms with van der Waals surface area (Å²) in [6.07, 6.45) is 3.40. The van der Waals surface area contributed by atoms with Gasteiger partial charge in [0.15, 0.2) is 5.96 Å². The van der Waals surface area contributed by atoms with Crippen molar-refractivity contribution in [2.24, 2.45) is 4.99 Å². The number of hydrogen-bond acceptors (Lipinski definition) is 3. The van der Waals surface area contributed by atoms with E-state index in [1.165, 1.54) is 24.2 Å². The fourth-order valence-electron chi connectivity index (χ4n) is 2.45. The van der Waals surface area contributed by atoms with Gasteiger partial charge in [0.25, 0.3) is 0 Å². The molecule has 0 radical (unpaired) electrons. The SMILES string of the molecule is CN=C(NCC(=O)NCCc1ccccc1)NCC1CCCS1. The van der Waals surface area contributed by atoms with E-state index in [9.17, 15) is 4.79 Å². The predicted molar refractivity (Wildman–Crippen MR) is 98.0 cm³/mol. The zero-order valence-electron chi connectivity index (χ0n) is 13.7. The molecular weight excluding hydrogens is 308 g/mol. The molecule has 0 spiro atoms. The predicted octanol–water partition coefficient (Wildman–Crippen LogP) is 1.41. The maximum absolute atomic E-state index is 11.9. The van der Waals surface area contributed by atoms with E-state index in [0.717, 1.165) is 13.0 Å². The summed E-state index contributed by atoms with van der Waals surface area (Å²) in [5.41, 5.74) is 1.23. The van der Waals surface area contributed by atoms with Gasteiger partial charge in [-0.05, 0) is 30.6 Å². The normalized spacial score (nSPS) is 17.8. The van der Waals surface area contributed by atoms with E-state index in [2.05, 4.69) is 33.1 Å². The number of nitrogens with one attached hydrogen (secondary N) is 3. The molecule has 1 aromatic carbocycles. The van der Waals surface area contributed by atoms with Crippen molar-refractivity contribution in [1.82, 2.24) is 16.0 Å². The van der Waals surface area contributed by atoms with Crippen molar-refractivity contribution in [3.8, 4) is 0 Å². The number of nitrogens with zero attached hydrogens (tertiary/aromatic N) is 1. The van der Waals surface area contributed by atoms with Gasteiger partial charge < -0.3 is 16.0 Å². The highest BCUT2D eigenvalue weighted by Gasteiger charge is 2.15. The van der Waals surface area contributed by atoms with Gasteiger partial charge >= 0.3 is 0 Å². The summed E-state index contributed by atoms with van der Waals surface area (Å²) in [5.74, 6) is 1.93. The quantitative estimate of drug-likeness (QED) is 0.521. The third kappa shape index (κ3) is 6.95. The molecule has 1 saturated heterocycles. The molecule has 1 heterocycles. The number of carbonyl (C=O) groups excluding carboxylic acids is 1. The standard InChI is InChI=1S/C17H26N4OS/c1-18-17(20-12-15-8-5-11-23-15)21-13-16(22)19-10-9-14-6-3-2-4-7-14/h2-4,6-7,15H,5,8-13H2,1H3,(H,19,22)(H2,18,20,21). The molecule has 1 unspecified atom stereocenters. The summed E-state index contributed by atoms with van der Waals surface area (Å²) in [4.78, 5) is 16.0. The van der Waals surface area contributed by atoms with Crippen LogP contribution in [0.2, 0.25) is 0 Å². The Kier molecular flexibility index (Phi) is 7.80. The van der Waals surface area contributed by atoms with Crippen LogP contribution in [0.1, 0.15) is 18.4 Å². The Balaban J connectivity index is 1.58. The molecule has 1 atom stereocenters. The van der Waals surface area contributed by atoms with Gasteiger partial charge in [-0.1, -0.05) is 30.3 Å². The number of benzene rings is 1. The second-order valence-corrected chi connectivity index (χ2v) is 6.94. The van der Waals surface area contributed by atoms with Gasteiger partial charge in [-0.15, -0.1) is 0 Å². The van der Waals surface area contributed by atoms with Crippen molar-refractivity contribution >= 4 is 23.6 Å². The highest BCUT2D eigenvalue weighted by Crippen LogP contribution is 2.25. The molecule has 1 fully saturated rings. The number of rotatable bonds is 7. The third-order valence-corrected chi connectivity index (χ3v) is 5.14. The maximum Gasteiger partial charge on any atom is 0.239 e. The molecule has 23 heavy (non-hydrogen) atoms. The topological polar surface area (TPSA) is 65.5 Å². The van der Waals surface area contributed by atoms with Crippen LogP contribution in [0, 0.1) is 0 Å². The minimum atomic E-state index is -0.0147. The Hall–Kier alpha value is -1.69. The second-order valence-electron chi connectivity index (χ2n) is 5.53. The molecule has 1 aliphatic heterocycles.